The summed E-state index contributed by atoms with van der Waals surface area (Å²) >= 11 is 6.98. The summed E-state index contributed by atoms with van der Waals surface area (Å²) in [7, 11) is 0. The molecule has 0 saturated carbocycles. The Morgan fingerprint density at radius 2 is 1.23 bits per heavy atom. The monoisotopic (exact) mass is 372 g/mol. The highest BCUT2D eigenvalue weighted by molar-refractivity contribution is 6.33. The van der Waals surface area contributed by atoms with Gasteiger partial charge in [-0.3, -0.25) is 0 Å². The quantitative estimate of drug-likeness (QED) is 0.452. The van der Waals surface area contributed by atoms with E-state index in [-0.39, 0.29) is 0 Å². The van der Waals surface area contributed by atoms with Crippen molar-refractivity contribution in [1.29, 1.82) is 0 Å². The number of rotatable bonds is 10. The summed E-state index contributed by atoms with van der Waals surface area (Å²) in [5.41, 5.74) is 5.41. The summed E-state index contributed by atoms with van der Waals surface area (Å²) < 4.78 is 0. The Morgan fingerprint density at radius 1 is 0.731 bits per heavy atom. The van der Waals surface area contributed by atoms with Gasteiger partial charge in [-0.25, -0.2) is 0 Å². The van der Waals surface area contributed by atoms with Crippen molar-refractivity contribution in [1.82, 2.24) is 0 Å². The first-order valence-corrected chi connectivity index (χ1v) is 10.6. The molecule has 1 nitrogen and oxygen atoms in total. The number of phenols is 1. The van der Waals surface area contributed by atoms with Gasteiger partial charge in [0.1, 0.15) is 5.75 Å². The van der Waals surface area contributed by atoms with Gasteiger partial charge in [-0.15, -0.1) is 0 Å². The van der Waals surface area contributed by atoms with E-state index < -0.39 is 0 Å². The molecule has 2 aromatic carbocycles. The molecule has 0 aliphatic rings. The van der Waals surface area contributed by atoms with E-state index in [0.29, 0.717) is 5.75 Å². The molecule has 0 spiro atoms. The van der Waals surface area contributed by atoms with Gasteiger partial charge in [0.2, 0.25) is 0 Å². The Kier molecular flexibility index (Phi) is 8.51. The third-order valence-electron chi connectivity index (χ3n) is 5.12. The van der Waals surface area contributed by atoms with Crippen LogP contribution in [0.15, 0.2) is 30.3 Å². The van der Waals surface area contributed by atoms with E-state index in [1.54, 1.807) is 0 Å². The minimum atomic E-state index is 0.464. The van der Waals surface area contributed by atoms with Gasteiger partial charge in [0.05, 0.1) is 0 Å². The molecule has 0 aliphatic heterocycles. The van der Waals surface area contributed by atoms with Crippen LogP contribution in [0, 0.1) is 0 Å². The summed E-state index contributed by atoms with van der Waals surface area (Å²) in [6.45, 7) is 6.59. The Morgan fingerprint density at radius 3 is 1.77 bits per heavy atom. The highest BCUT2D eigenvalue weighted by Crippen LogP contribution is 2.44. The number of hydrogen-bond acceptors (Lipinski definition) is 1. The molecular weight excluding hydrogens is 340 g/mol. The summed E-state index contributed by atoms with van der Waals surface area (Å²) in [5.74, 6) is 0.464. The largest absolute Gasteiger partial charge is 0.507 e. The van der Waals surface area contributed by atoms with E-state index in [9.17, 15) is 5.11 Å². The second-order valence-corrected chi connectivity index (χ2v) is 7.53. The second-order valence-electron chi connectivity index (χ2n) is 7.15. The predicted molar refractivity (Wildman–Crippen MR) is 114 cm³/mol. The van der Waals surface area contributed by atoms with E-state index in [4.69, 9.17) is 11.6 Å². The summed E-state index contributed by atoms with van der Waals surface area (Å²) in [6.07, 6.45) is 9.40. The Labute approximate surface area is 164 Å². The highest BCUT2D eigenvalue weighted by atomic mass is 35.5. The number of halogens is 1. The Balaban J connectivity index is 2.68. The fourth-order valence-electron chi connectivity index (χ4n) is 3.60. The van der Waals surface area contributed by atoms with E-state index in [0.717, 1.165) is 85.1 Å². The standard InChI is InChI=1S/C24H33ClO/c1-4-7-15-19-20(16-8-5-2)24(26)22(18-13-11-10-12-14-18)21(23(19)25)17-9-6-3/h10-14,26H,4-9,15-17H2,1-3H3. The van der Waals surface area contributed by atoms with Crippen LogP contribution in [-0.2, 0) is 19.3 Å². The smallest absolute Gasteiger partial charge is 0.127 e. The molecule has 0 fully saturated rings. The average Bonchev–Trinajstić information content (AvgIpc) is 2.66. The van der Waals surface area contributed by atoms with Gasteiger partial charge in [-0.2, -0.15) is 0 Å². The van der Waals surface area contributed by atoms with Crippen LogP contribution in [0.1, 0.15) is 76.0 Å². The predicted octanol–water partition coefficient (Wildman–Crippen LogP) is 7.74. The van der Waals surface area contributed by atoms with Crippen LogP contribution in [0.3, 0.4) is 0 Å². The molecule has 0 aromatic heterocycles. The van der Waals surface area contributed by atoms with Crippen LogP contribution in [0.25, 0.3) is 11.1 Å². The zero-order chi connectivity index (χ0) is 18.9. The molecule has 26 heavy (non-hydrogen) atoms. The van der Waals surface area contributed by atoms with E-state index in [1.165, 1.54) is 5.56 Å². The first-order chi connectivity index (χ1) is 12.7. The van der Waals surface area contributed by atoms with Crippen molar-refractivity contribution in [2.24, 2.45) is 0 Å². The van der Waals surface area contributed by atoms with Crippen molar-refractivity contribution in [3.05, 3.63) is 52.0 Å². The van der Waals surface area contributed by atoms with E-state index >= 15 is 0 Å². The maximum Gasteiger partial charge on any atom is 0.127 e. The van der Waals surface area contributed by atoms with Gasteiger partial charge in [0.25, 0.3) is 0 Å². The zero-order valence-corrected chi connectivity index (χ0v) is 17.3. The van der Waals surface area contributed by atoms with Crippen LogP contribution >= 0.6 is 11.6 Å². The lowest BCUT2D eigenvalue weighted by Crippen LogP contribution is -2.04. The zero-order valence-electron chi connectivity index (χ0n) is 16.6. The van der Waals surface area contributed by atoms with Gasteiger partial charge in [0, 0.05) is 10.6 Å². The molecule has 142 valence electrons. The van der Waals surface area contributed by atoms with Gasteiger partial charge >= 0.3 is 0 Å². The Hall–Kier alpha value is -1.47. The Bertz CT molecular complexity index is 691. The third-order valence-corrected chi connectivity index (χ3v) is 5.58. The molecule has 0 bridgehead atoms. The summed E-state index contributed by atoms with van der Waals surface area (Å²) in [6, 6.07) is 10.2. The van der Waals surface area contributed by atoms with Crippen LogP contribution in [-0.4, -0.2) is 5.11 Å². The fraction of sp³-hybridized carbons (Fsp3) is 0.500. The first kappa shape index (κ1) is 20.8. The molecule has 0 radical (unpaired) electrons. The van der Waals surface area contributed by atoms with E-state index in [2.05, 4.69) is 32.9 Å². The molecule has 0 heterocycles. The minimum Gasteiger partial charge on any atom is -0.507 e. The lowest BCUT2D eigenvalue weighted by atomic mass is 9.86. The summed E-state index contributed by atoms with van der Waals surface area (Å²) in [4.78, 5) is 0. The fourth-order valence-corrected chi connectivity index (χ4v) is 4.00. The molecule has 2 rings (SSSR count). The molecule has 0 saturated heterocycles. The van der Waals surface area contributed by atoms with Gasteiger partial charge in [-0.1, -0.05) is 82.0 Å². The molecule has 0 aliphatic carbocycles. The number of unbranched alkanes of at least 4 members (excludes halogenated alkanes) is 3. The SMILES string of the molecule is CCCCc1c(O)c(-c2ccccc2)c(CCCC)c(Cl)c1CCCC. The van der Waals surface area contributed by atoms with Crippen LogP contribution < -0.4 is 0 Å². The number of benzene rings is 2. The third kappa shape index (κ3) is 4.82. The van der Waals surface area contributed by atoms with Gasteiger partial charge in [-0.05, 0) is 60.8 Å². The molecule has 2 heteroatoms. The van der Waals surface area contributed by atoms with Crippen molar-refractivity contribution in [3.63, 3.8) is 0 Å². The lowest BCUT2D eigenvalue weighted by Gasteiger charge is -2.22. The molecule has 1 N–H and O–H groups in total. The minimum absolute atomic E-state index is 0.464. The lowest BCUT2D eigenvalue weighted by molar-refractivity contribution is 0.466. The molecule has 0 unspecified atom stereocenters. The van der Waals surface area contributed by atoms with E-state index in [1.807, 2.05) is 18.2 Å². The second kappa shape index (κ2) is 10.6. The van der Waals surface area contributed by atoms with Crippen LogP contribution in [0.2, 0.25) is 5.02 Å². The van der Waals surface area contributed by atoms with Crippen molar-refractivity contribution in [2.45, 2.75) is 78.6 Å². The number of hydrogen-bond donors (Lipinski definition) is 1. The number of aromatic hydroxyl groups is 1. The molecule has 2 aromatic rings. The maximum absolute atomic E-state index is 11.3. The van der Waals surface area contributed by atoms with Gasteiger partial charge < -0.3 is 5.11 Å². The van der Waals surface area contributed by atoms with Gasteiger partial charge in [0.15, 0.2) is 0 Å². The average molecular weight is 373 g/mol. The summed E-state index contributed by atoms with van der Waals surface area (Å²) in [5, 5.41) is 12.2. The highest BCUT2D eigenvalue weighted by Gasteiger charge is 2.22. The normalized spacial score (nSPS) is 11.1. The maximum atomic E-state index is 11.3. The number of phenolic OH excluding ortho intramolecular Hbond substituents is 1. The molecular formula is C24H33ClO. The van der Waals surface area contributed by atoms with Crippen molar-refractivity contribution < 1.29 is 5.11 Å². The van der Waals surface area contributed by atoms with Crippen LogP contribution in [0.4, 0.5) is 0 Å². The van der Waals surface area contributed by atoms with Crippen molar-refractivity contribution in [3.8, 4) is 16.9 Å². The van der Waals surface area contributed by atoms with Crippen LogP contribution in [0.5, 0.6) is 5.75 Å². The van der Waals surface area contributed by atoms with Crippen molar-refractivity contribution >= 4 is 11.6 Å². The molecule has 0 atom stereocenters. The molecule has 0 amide bonds. The first-order valence-electron chi connectivity index (χ1n) is 10.3. The topological polar surface area (TPSA) is 20.2 Å². The van der Waals surface area contributed by atoms with Crippen molar-refractivity contribution in [2.75, 3.05) is 0 Å².